The van der Waals surface area contributed by atoms with Gasteiger partial charge in [0.15, 0.2) is 0 Å². The summed E-state index contributed by atoms with van der Waals surface area (Å²) in [4.78, 5) is 5.14. The molecule has 0 atom stereocenters. The molecule has 0 aliphatic carbocycles. The molecule has 0 radical (unpaired) electrons. The molecular weight excluding hydrogens is 671 g/mol. The Hall–Kier alpha value is -7.43. The van der Waals surface area contributed by atoms with Crippen LogP contribution in [0.4, 0.5) is 0 Å². The van der Waals surface area contributed by atoms with Crippen LogP contribution in [-0.2, 0) is 0 Å². The van der Waals surface area contributed by atoms with Crippen molar-refractivity contribution in [1.29, 1.82) is 0 Å². The minimum atomic E-state index is 0.905. The zero-order valence-electron chi connectivity index (χ0n) is 29.6. The molecule has 0 aliphatic rings. The summed E-state index contributed by atoms with van der Waals surface area (Å²) in [5.74, 6) is 0. The SMILES string of the molecule is c1ccc(-c2cc(-c3ccc(-n4c5ccccc5c5cc6c7c8oc9ccccc9c8ccc7n(-c7ccccc7)c6cc54)cc3)nc3ccccc23)cc1. The molecule has 12 rings (SSSR count). The summed E-state index contributed by atoms with van der Waals surface area (Å²) in [5.41, 5.74) is 14.0. The van der Waals surface area contributed by atoms with E-state index in [1.165, 1.54) is 27.3 Å². The smallest absolute Gasteiger partial charge is 0.145 e. The van der Waals surface area contributed by atoms with Gasteiger partial charge in [-0.3, -0.25) is 0 Å². The Morgan fingerprint density at radius 3 is 1.87 bits per heavy atom. The lowest BCUT2D eigenvalue weighted by atomic mass is 9.98. The molecule has 4 nitrogen and oxygen atoms in total. The van der Waals surface area contributed by atoms with Gasteiger partial charge in [-0.05, 0) is 83.9 Å². The van der Waals surface area contributed by atoms with E-state index in [1.807, 2.05) is 6.07 Å². The quantitative estimate of drug-likeness (QED) is 0.183. The van der Waals surface area contributed by atoms with Crippen LogP contribution in [0, 0.1) is 0 Å². The van der Waals surface area contributed by atoms with E-state index in [0.29, 0.717) is 0 Å². The summed E-state index contributed by atoms with van der Waals surface area (Å²) in [5, 5.41) is 8.14. The molecule has 4 aromatic heterocycles. The predicted molar refractivity (Wildman–Crippen MR) is 229 cm³/mol. The third-order valence-corrected chi connectivity index (χ3v) is 11.3. The highest BCUT2D eigenvalue weighted by atomic mass is 16.3. The average Bonchev–Trinajstić information content (AvgIpc) is 3.90. The fraction of sp³-hybridized carbons (Fsp3) is 0. The van der Waals surface area contributed by atoms with Crippen LogP contribution in [0.1, 0.15) is 0 Å². The van der Waals surface area contributed by atoms with Gasteiger partial charge in [-0.25, -0.2) is 4.98 Å². The van der Waals surface area contributed by atoms with E-state index >= 15 is 0 Å². The van der Waals surface area contributed by atoms with Crippen molar-refractivity contribution in [3.05, 3.63) is 188 Å². The van der Waals surface area contributed by atoms with Crippen molar-refractivity contribution in [1.82, 2.24) is 14.1 Å². The molecule has 55 heavy (non-hydrogen) atoms. The molecule has 0 unspecified atom stereocenters. The van der Waals surface area contributed by atoms with E-state index in [0.717, 1.165) is 82.9 Å². The number of hydrogen-bond acceptors (Lipinski definition) is 2. The van der Waals surface area contributed by atoms with Crippen molar-refractivity contribution in [2.45, 2.75) is 0 Å². The number of benzene rings is 8. The first kappa shape index (κ1) is 30.1. The second kappa shape index (κ2) is 11.5. The van der Waals surface area contributed by atoms with Crippen LogP contribution in [0.3, 0.4) is 0 Å². The zero-order chi connectivity index (χ0) is 36.0. The number of nitrogens with zero attached hydrogens (tertiary/aromatic N) is 3. The maximum Gasteiger partial charge on any atom is 0.145 e. The molecule has 0 fully saturated rings. The van der Waals surface area contributed by atoms with Crippen molar-refractivity contribution >= 4 is 76.5 Å². The summed E-state index contributed by atoms with van der Waals surface area (Å²) in [6.45, 7) is 0. The number of para-hydroxylation sites is 4. The lowest BCUT2D eigenvalue weighted by molar-refractivity contribution is 0.673. The van der Waals surface area contributed by atoms with Crippen molar-refractivity contribution in [2.24, 2.45) is 0 Å². The largest absolute Gasteiger partial charge is 0.455 e. The monoisotopic (exact) mass is 701 g/mol. The summed E-state index contributed by atoms with van der Waals surface area (Å²) in [6, 6.07) is 67.1. The fourth-order valence-electron chi connectivity index (χ4n) is 8.84. The maximum absolute atomic E-state index is 6.68. The van der Waals surface area contributed by atoms with Gasteiger partial charge in [0.2, 0.25) is 0 Å². The van der Waals surface area contributed by atoms with Gasteiger partial charge >= 0.3 is 0 Å². The third kappa shape index (κ3) is 4.43. The highest BCUT2D eigenvalue weighted by Gasteiger charge is 2.22. The fourth-order valence-corrected chi connectivity index (χ4v) is 8.84. The lowest BCUT2D eigenvalue weighted by Gasteiger charge is -2.12. The van der Waals surface area contributed by atoms with Crippen molar-refractivity contribution in [3.63, 3.8) is 0 Å². The van der Waals surface area contributed by atoms with E-state index in [-0.39, 0.29) is 0 Å². The zero-order valence-corrected chi connectivity index (χ0v) is 29.6. The van der Waals surface area contributed by atoms with E-state index in [9.17, 15) is 0 Å². The Kier molecular flexibility index (Phi) is 6.31. The molecule has 0 aliphatic heterocycles. The molecule has 0 amide bonds. The Bertz CT molecular complexity index is 3460. The first-order chi connectivity index (χ1) is 27.3. The number of fused-ring (bicyclic) bond motifs is 11. The molecule has 0 spiro atoms. The van der Waals surface area contributed by atoms with Gasteiger partial charge in [0.05, 0.1) is 38.7 Å². The van der Waals surface area contributed by atoms with E-state index in [4.69, 9.17) is 9.40 Å². The topological polar surface area (TPSA) is 35.9 Å². The molecule has 0 saturated heterocycles. The van der Waals surface area contributed by atoms with Gasteiger partial charge < -0.3 is 13.6 Å². The number of rotatable bonds is 4. The molecule has 12 aromatic rings. The van der Waals surface area contributed by atoms with Crippen LogP contribution >= 0.6 is 0 Å². The van der Waals surface area contributed by atoms with Gasteiger partial charge in [0.1, 0.15) is 11.2 Å². The summed E-state index contributed by atoms with van der Waals surface area (Å²) >= 11 is 0. The minimum Gasteiger partial charge on any atom is -0.455 e. The maximum atomic E-state index is 6.68. The molecule has 0 bridgehead atoms. The normalized spacial score (nSPS) is 12.0. The van der Waals surface area contributed by atoms with Crippen molar-refractivity contribution < 1.29 is 4.42 Å². The Morgan fingerprint density at radius 1 is 0.382 bits per heavy atom. The Labute approximate surface area is 315 Å². The highest BCUT2D eigenvalue weighted by Crippen LogP contribution is 2.44. The van der Waals surface area contributed by atoms with Gasteiger partial charge in [-0.15, -0.1) is 0 Å². The van der Waals surface area contributed by atoms with E-state index in [2.05, 4.69) is 191 Å². The van der Waals surface area contributed by atoms with Crippen LogP contribution in [0.25, 0.3) is 110 Å². The van der Waals surface area contributed by atoms with Crippen LogP contribution in [0.15, 0.2) is 192 Å². The first-order valence-corrected chi connectivity index (χ1v) is 18.7. The van der Waals surface area contributed by atoms with Crippen molar-refractivity contribution in [2.75, 3.05) is 0 Å². The summed E-state index contributed by atoms with van der Waals surface area (Å²) in [6.07, 6.45) is 0. The highest BCUT2D eigenvalue weighted by molar-refractivity contribution is 6.26. The van der Waals surface area contributed by atoms with Crippen LogP contribution in [0.5, 0.6) is 0 Å². The molecule has 0 N–H and O–H groups in total. The lowest BCUT2D eigenvalue weighted by Crippen LogP contribution is -1.96. The van der Waals surface area contributed by atoms with Gasteiger partial charge in [0.25, 0.3) is 0 Å². The third-order valence-electron chi connectivity index (χ3n) is 11.3. The number of pyridine rings is 1. The van der Waals surface area contributed by atoms with Crippen molar-refractivity contribution in [3.8, 4) is 33.8 Å². The second-order valence-electron chi connectivity index (χ2n) is 14.3. The van der Waals surface area contributed by atoms with Crippen LogP contribution < -0.4 is 0 Å². The first-order valence-electron chi connectivity index (χ1n) is 18.7. The summed E-state index contributed by atoms with van der Waals surface area (Å²) in [7, 11) is 0. The number of hydrogen-bond donors (Lipinski definition) is 0. The minimum absolute atomic E-state index is 0.905. The van der Waals surface area contributed by atoms with E-state index < -0.39 is 0 Å². The molecule has 256 valence electrons. The molecule has 4 heterocycles. The van der Waals surface area contributed by atoms with E-state index in [1.54, 1.807) is 0 Å². The average molecular weight is 702 g/mol. The Morgan fingerprint density at radius 2 is 1.04 bits per heavy atom. The van der Waals surface area contributed by atoms with Gasteiger partial charge in [-0.2, -0.15) is 0 Å². The van der Waals surface area contributed by atoms with Gasteiger partial charge in [0, 0.05) is 49.3 Å². The molecule has 8 aromatic carbocycles. The Balaban J connectivity index is 1.10. The molecule has 0 saturated carbocycles. The summed E-state index contributed by atoms with van der Waals surface area (Å²) < 4.78 is 11.5. The predicted octanol–water partition coefficient (Wildman–Crippen LogP) is 13.7. The molecular formula is C51H31N3O. The van der Waals surface area contributed by atoms with Gasteiger partial charge in [-0.1, -0.05) is 115 Å². The van der Waals surface area contributed by atoms with Crippen LogP contribution in [0.2, 0.25) is 0 Å². The number of furan rings is 1. The molecule has 4 heteroatoms. The standard InChI is InChI=1S/C51H31N3O/c1-3-13-32(14-4-1)40-30-44(52-43-20-10-7-17-36(40)43)33-23-25-35(26-24-33)53-45-21-11-8-18-37(45)41-29-42-48(31-47(41)53)54(34-15-5-2-6-16-34)46-28-27-39-38-19-9-12-22-49(38)55-51(39)50(42)46/h1-31H. The van der Waals surface area contributed by atoms with Crippen LogP contribution in [-0.4, -0.2) is 14.1 Å². The second-order valence-corrected chi connectivity index (χ2v) is 14.3. The number of aromatic nitrogens is 3.